The fourth-order valence-corrected chi connectivity index (χ4v) is 5.91. The van der Waals surface area contributed by atoms with E-state index in [2.05, 4.69) is 27.0 Å². The van der Waals surface area contributed by atoms with E-state index >= 15 is 0 Å². The van der Waals surface area contributed by atoms with E-state index in [9.17, 15) is 19.2 Å². The van der Waals surface area contributed by atoms with Crippen molar-refractivity contribution in [3.8, 4) is 0 Å². The van der Waals surface area contributed by atoms with E-state index < -0.39 is 17.5 Å². The summed E-state index contributed by atoms with van der Waals surface area (Å²) in [6.07, 6.45) is 6.39. The van der Waals surface area contributed by atoms with E-state index in [1.54, 1.807) is 22.9 Å². The van der Waals surface area contributed by atoms with E-state index in [1.807, 2.05) is 32.3 Å². The Labute approximate surface area is 247 Å². The Morgan fingerprint density at radius 3 is 2.12 bits per heavy atom. The minimum atomic E-state index is -1.33. The number of hydrogen-bond donors (Lipinski definition) is 1. The molecule has 1 aliphatic carbocycles. The molecule has 0 atom stereocenters. The number of carbonyl (C=O) groups is 4. The minimum absolute atomic E-state index is 0.0220. The Balaban J connectivity index is 1.23. The first-order valence-corrected chi connectivity index (χ1v) is 14.6. The highest BCUT2D eigenvalue weighted by Crippen LogP contribution is 2.42. The van der Waals surface area contributed by atoms with Gasteiger partial charge in [-0.3, -0.25) is 24.2 Å². The second-order valence-corrected chi connectivity index (χ2v) is 11.7. The third kappa shape index (κ3) is 7.31. The van der Waals surface area contributed by atoms with Crippen molar-refractivity contribution in [1.82, 2.24) is 24.7 Å². The number of rotatable bonds is 10. The van der Waals surface area contributed by atoms with Gasteiger partial charge in [-0.15, -0.1) is 0 Å². The van der Waals surface area contributed by atoms with Crippen LogP contribution in [0.3, 0.4) is 0 Å². The zero-order chi connectivity index (χ0) is 30.3. The number of benzene rings is 1. The van der Waals surface area contributed by atoms with E-state index in [1.165, 1.54) is 11.8 Å². The minimum Gasteiger partial charge on any atom is -0.449 e. The number of nitrogens with two attached hydrogens (primary N) is 1. The Kier molecular flexibility index (Phi) is 9.93. The highest BCUT2D eigenvalue weighted by atomic mass is 16.6. The van der Waals surface area contributed by atoms with Crippen molar-refractivity contribution in [2.75, 3.05) is 40.3 Å². The van der Waals surface area contributed by atoms with Crippen LogP contribution in [0.15, 0.2) is 42.7 Å². The summed E-state index contributed by atoms with van der Waals surface area (Å²) in [5, 5.41) is 0. The molecule has 1 aromatic carbocycles. The van der Waals surface area contributed by atoms with Gasteiger partial charge in [-0.05, 0) is 65.1 Å². The lowest BCUT2D eigenvalue weighted by Crippen LogP contribution is -2.57. The molecular formula is C31H42N6O5. The van der Waals surface area contributed by atoms with E-state index in [4.69, 9.17) is 10.5 Å². The van der Waals surface area contributed by atoms with Crippen LogP contribution >= 0.6 is 0 Å². The van der Waals surface area contributed by atoms with E-state index in [-0.39, 0.29) is 35.9 Å². The Morgan fingerprint density at radius 1 is 0.905 bits per heavy atom. The van der Waals surface area contributed by atoms with Gasteiger partial charge in [-0.1, -0.05) is 30.3 Å². The average Bonchev–Trinajstić information content (AvgIpc) is 2.98. The van der Waals surface area contributed by atoms with Crippen LogP contribution in [0, 0.1) is 6.92 Å². The third-order valence-electron chi connectivity index (χ3n) is 8.76. The first-order valence-electron chi connectivity index (χ1n) is 14.6. The van der Waals surface area contributed by atoms with Gasteiger partial charge in [0.15, 0.2) is 5.60 Å². The molecule has 226 valence electrons. The lowest BCUT2D eigenvalue weighted by atomic mass is 9.70. The highest BCUT2D eigenvalue weighted by molar-refractivity contribution is 5.92. The predicted molar refractivity (Wildman–Crippen MR) is 156 cm³/mol. The van der Waals surface area contributed by atoms with Crippen molar-refractivity contribution >= 4 is 23.7 Å². The SMILES string of the molecule is Cc1cnc(C(=O)N2CCN(C(=O)CCCC(=O)OC3(C(N)=O)CCC(Cc4ccccc4)(N(C)C)CC3)CC2)cn1. The van der Waals surface area contributed by atoms with Crippen LogP contribution in [0.2, 0.25) is 0 Å². The predicted octanol–water partition coefficient (Wildman–Crippen LogP) is 2.12. The number of esters is 1. The summed E-state index contributed by atoms with van der Waals surface area (Å²) in [6.45, 7) is 3.44. The second-order valence-electron chi connectivity index (χ2n) is 11.7. The van der Waals surface area contributed by atoms with Gasteiger partial charge in [0.2, 0.25) is 5.91 Å². The fourth-order valence-electron chi connectivity index (χ4n) is 5.91. The molecule has 3 amide bonds. The van der Waals surface area contributed by atoms with Crippen molar-refractivity contribution in [2.45, 2.75) is 69.4 Å². The number of piperazine rings is 1. The van der Waals surface area contributed by atoms with Gasteiger partial charge in [0.1, 0.15) is 5.69 Å². The Morgan fingerprint density at radius 2 is 1.55 bits per heavy atom. The van der Waals surface area contributed by atoms with Gasteiger partial charge in [-0.25, -0.2) is 4.98 Å². The summed E-state index contributed by atoms with van der Waals surface area (Å²) < 4.78 is 5.77. The van der Waals surface area contributed by atoms with Gasteiger partial charge in [0.05, 0.1) is 11.9 Å². The fraction of sp³-hybridized carbons (Fsp3) is 0.548. The van der Waals surface area contributed by atoms with Crippen molar-refractivity contribution < 1.29 is 23.9 Å². The van der Waals surface area contributed by atoms with Crippen LogP contribution in [0.25, 0.3) is 0 Å². The molecule has 2 N–H and O–H groups in total. The standard InChI is InChI=1S/C31H42N6O5/c1-23-21-34-25(22-33-23)28(40)37-18-16-36(17-19-37)26(38)10-7-11-27(39)42-31(29(32)41)14-12-30(13-15-31,35(2)3)20-24-8-5-4-6-9-24/h4-6,8-9,21-22H,7,10-20H2,1-3H3,(H2,32,41). The number of aromatic nitrogens is 2. The lowest BCUT2D eigenvalue weighted by molar-refractivity contribution is -0.174. The van der Waals surface area contributed by atoms with Gasteiger partial charge >= 0.3 is 5.97 Å². The molecule has 1 saturated heterocycles. The highest BCUT2D eigenvalue weighted by Gasteiger charge is 2.49. The number of aryl methyl sites for hydroxylation is 1. The van der Waals surface area contributed by atoms with E-state index in [0.29, 0.717) is 58.3 Å². The topological polar surface area (TPSA) is 139 Å². The monoisotopic (exact) mass is 578 g/mol. The molecule has 0 unspecified atom stereocenters. The van der Waals surface area contributed by atoms with Crippen molar-refractivity contribution in [3.63, 3.8) is 0 Å². The largest absolute Gasteiger partial charge is 0.449 e. The number of amides is 3. The number of nitrogens with zero attached hydrogens (tertiary/aromatic N) is 5. The number of ether oxygens (including phenoxy) is 1. The molecule has 11 heteroatoms. The van der Waals surface area contributed by atoms with Crippen molar-refractivity contribution in [1.29, 1.82) is 0 Å². The maximum absolute atomic E-state index is 12.8. The number of likely N-dealkylation sites (N-methyl/N-ethyl adjacent to an activating group) is 1. The normalized spacial score (nSPS) is 22.6. The quantitative estimate of drug-likeness (QED) is 0.423. The molecule has 1 saturated carbocycles. The summed E-state index contributed by atoms with van der Waals surface area (Å²) in [6, 6.07) is 10.2. The first-order chi connectivity index (χ1) is 20.0. The van der Waals surface area contributed by atoms with Gasteiger partial charge in [-0.2, -0.15) is 0 Å². The third-order valence-corrected chi connectivity index (χ3v) is 8.76. The average molecular weight is 579 g/mol. The van der Waals surface area contributed by atoms with Crippen molar-refractivity contribution in [2.24, 2.45) is 5.73 Å². The molecular weight excluding hydrogens is 536 g/mol. The summed E-state index contributed by atoms with van der Waals surface area (Å²) in [5.41, 5.74) is 6.53. The van der Waals surface area contributed by atoms with E-state index in [0.717, 1.165) is 12.1 Å². The smallest absolute Gasteiger partial charge is 0.306 e. The molecule has 2 aromatic rings. The van der Waals surface area contributed by atoms with Gasteiger partial charge in [0, 0.05) is 50.8 Å². The van der Waals surface area contributed by atoms with Crippen LogP contribution in [0.1, 0.15) is 66.7 Å². The molecule has 11 nitrogen and oxygen atoms in total. The molecule has 0 radical (unpaired) electrons. The van der Waals surface area contributed by atoms with Crippen LogP contribution < -0.4 is 5.73 Å². The number of carbonyl (C=O) groups excluding carboxylic acids is 4. The van der Waals surface area contributed by atoms with Gasteiger partial charge in [0.25, 0.3) is 11.8 Å². The summed E-state index contributed by atoms with van der Waals surface area (Å²) >= 11 is 0. The lowest BCUT2D eigenvalue weighted by Gasteiger charge is -2.48. The van der Waals surface area contributed by atoms with Crippen LogP contribution in [0.4, 0.5) is 0 Å². The van der Waals surface area contributed by atoms with Gasteiger partial charge < -0.3 is 25.2 Å². The number of primary amides is 1. The number of hydrogen-bond acceptors (Lipinski definition) is 8. The molecule has 2 aliphatic rings. The second kappa shape index (κ2) is 13.4. The maximum atomic E-state index is 12.8. The molecule has 4 rings (SSSR count). The molecule has 2 heterocycles. The zero-order valence-electron chi connectivity index (χ0n) is 24.9. The van der Waals surface area contributed by atoms with Crippen LogP contribution in [-0.4, -0.2) is 99.8 Å². The maximum Gasteiger partial charge on any atom is 0.306 e. The van der Waals surface area contributed by atoms with Crippen LogP contribution in [0.5, 0.6) is 0 Å². The summed E-state index contributed by atoms with van der Waals surface area (Å²) in [7, 11) is 4.08. The van der Waals surface area contributed by atoms with Crippen LogP contribution in [-0.2, 0) is 25.5 Å². The zero-order valence-corrected chi connectivity index (χ0v) is 24.9. The Hall–Kier alpha value is -3.86. The molecule has 42 heavy (non-hydrogen) atoms. The Bertz CT molecular complexity index is 1250. The summed E-state index contributed by atoms with van der Waals surface area (Å²) in [4.78, 5) is 64.6. The molecule has 1 aromatic heterocycles. The molecule has 0 spiro atoms. The molecule has 2 fully saturated rings. The molecule has 0 bridgehead atoms. The van der Waals surface area contributed by atoms with Crippen molar-refractivity contribution in [3.05, 3.63) is 59.7 Å². The molecule has 1 aliphatic heterocycles. The first kappa shape index (κ1) is 31.1. The summed E-state index contributed by atoms with van der Waals surface area (Å²) in [5.74, 6) is -1.42.